The van der Waals surface area contributed by atoms with Crippen LogP contribution < -0.4 is 0 Å². The largest absolute Gasteiger partial charge is 0.481 e. The maximum Gasteiger partial charge on any atom is 0.315 e. The van der Waals surface area contributed by atoms with Crippen molar-refractivity contribution >= 4 is 18.0 Å². The molecule has 4 fully saturated rings. The lowest BCUT2D eigenvalue weighted by Crippen LogP contribution is -2.64. The summed E-state index contributed by atoms with van der Waals surface area (Å²) in [6, 6.07) is 0. The maximum atomic E-state index is 14.1. The highest BCUT2D eigenvalue weighted by Crippen LogP contribution is 2.82. The number of carboxylic acids is 1. The first kappa shape index (κ1) is 22.9. The number of hydrogen-bond acceptors (Lipinski definition) is 3. The van der Waals surface area contributed by atoms with Crippen LogP contribution in [0.5, 0.6) is 0 Å². The molecule has 0 aromatic rings. The van der Waals surface area contributed by atoms with Gasteiger partial charge in [-0.2, -0.15) is 0 Å². The second-order valence-corrected chi connectivity index (χ2v) is 12.1. The minimum atomic E-state index is -1.44. The Morgan fingerprint density at radius 1 is 1.15 bits per heavy atom. The zero-order valence-electron chi connectivity index (χ0n) is 20.4. The molecule has 0 radical (unpaired) electrons. The summed E-state index contributed by atoms with van der Waals surface area (Å²) in [6.07, 6.45) is 12.8. The molecule has 0 spiro atoms. The average Bonchev–Trinajstić information content (AvgIpc) is 3.37. The van der Waals surface area contributed by atoms with E-state index in [0.29, 0.717) is 24.7 Å². The lowest BCUT2D eigenvalue weighted by Gasteiger charge is -2.57. The molecule has 0 heterocycles. The van der Waals surface area contributed by atoms with Crippen molar-refractivity contribution in [2.45, 2.75) is 85.0 Å². The SMILES string of the molecule is CC(C)C1=CC2CC3(C=O)[C@@H]4CC[C@@H](C)[C@H]4CC2(C(=O)C#CCC2CCCCC2)[C@]13C(=O)O. The number of aliphatic carboxylic acids is 1. The summed E-state index contributed by atoms with van der Waals surface area (Å²) in [5.74, 6) is 6.00. The van der Waals surface area contributed by atoms with E-state index in [2.05, 4.69) is 24.8 Å². The number of fused-ring (bicyclic) bond motifs is 2. The highest BCUT2D eigenvalue weighted by atomic mass is 16.4. The summed E-state index contributed by atoms with van der Waals surface area (Å²) in [5, 5.41) is 10.9. The molecule has 33 heavy (non-hydrogen) atoms. The van der Waals surface area contributed by atoms with Gasteiger partial charge in [0.25, 0.3) is 0 Å². The number of allylic oxidation sites excluding steroid dienone is 1. The van der Waals surface area contributed by atoms with E-state index in [-0.39, 0.29) is 29.5 Å². The van der Waals surface area contributed by atoms with E-state index >= 15 is 0 Å². The van der Waals surface area contributed by atoms with Crippen LogP contribution in [-0.2, 0) is 14.4 Å². The molecule has 0 amide bonds. The molecule has 4 saturated carbocycles. The van der Waals surface area contributed by atoms with Gasteiger partial charge in [-0.25, -0.2) is 0 Å². The summed E-state index contributed by atoms with van der Waals surface area (Å²) in [7, 11) is 0. The smallest absolute Gasteiger partial charge is 0.315 e. The molecule has 5 rings (SSSR count). The monoisotopic (exact) mass is 450 g/mol. The average molecular weight is 451 g/mol. The number of carbonyl (C=O) groups is 3. The van der Waals surface area contributed by atoms with Crippen LogP contribution in [0, 0.1) is 63.6 Å². The van der Waals surface area contributed by atoms with E-state index in [4.69, 9.17) is 0 Å². The molecular weight excluding hydrogens is 412 g/mol. The highest BCUT2D eigenvalue weighted by Gasteiger charge is 2.86. The number of carboxylic acid groups (broad SMARTS) is 1. The Bertz CT molecular complexity index is 960. The summed E-state index contributed by atoms with van der Waals surface area (Å²) in [6.45, 7) is 6.23. The van der Waals surface area contributed by atoms with Gasteiger partial charge in [-0.15, -0.1) is 0 Å². The van der Waals surface area contributed by atoms with Gasteiger partial charge in [-0.1, -0.05) is 64.0 Å². The molecule has 178 valence electrons. The number of aldehydes is 1. The van der Waals surface area contributed by atoms with Crippen LogP contribution in [0.3, 0.4) is 0 Å². The minimum Gasteiger partial charge on any atom is -0.481 e. The number of Topliss-reactive ketones (excluding diaryl/α,β-unsaturated/α-hetero) is 1. The van der Waals surface area contributed by atoms with Gasteiger partial charge in [0.1, 0.15) is 11.7 Å². The van der Waals surface area contributed by atoms with E-state index in [1.54, 1.807) is 0 Å². The van der Waals surface area contributed by atoms with Gasteiger partial charge in [0, 0.05) is 6.42 Å². The van der Waals surface area contributed by atoms with Gasteiger partial charge in [0.15, 0.2) is 0 Å². The minimum absolute atomic E-state index is 0.0246. The van der Waals surface area contributed by atoms with Gasteiger partial charge in [0.2, 0.25) is 5.78 Å². The molecule has 0 aliphatic heterocycles. The first-order valence-corrected chi connectivity index (χ1v) is 13.2. The molecule has 1 N–H and O–H groups in total. The van der Waals surface area contributed by atoms with Gasteiger partial charge < -0.3 is 9.90 Å². The quantitative estimate of drug-likeness (QED) is 0.261. The van der Waals surface area contributed by atoms with E-state index < -0.39 is 22.2 Å². The van der Waals surface area contributed by atoms with Crippen molar-refractivity contribution in [3.05, 3.63) is 11.6 Å². The van der Waals surface area contributed by atoms with Gasteiger partial charge in [-0.05, 0) is 73.5 Å². The molecule has 0 saturated heterocycles. The van der Waals surface area contributed by atoms with Crippen molar-refractivity contribution in [3.8, 4) is 11.8 Å². The first-order chi connectivity index (χ1) is 15.8. The molecule has 4 nitrogen and oxygen atoms in total. The van der Waals surface area contributed by atoms with E-state index in [0.717, 1.165) is 31.1 Å². The third-order valence-corrected chi connectivity index (χ3v) is 10.6. The first-order valence-electron chi connectivity index (χ1n) is 13.2. The van der Waals surface area contributed by atoms with Crippen molar-refractivity contribution < 1.29 is 19.5 Å². The number of carbonyl (C=O) groups excluding carboxylic acids is 2. The Kier molecular flexibility index (Phi) is 5.42. The van der Waals surface area contributed by atoms with Crippen molar-refractivity contribution in [3.63, 3.8) is 0 Å². The lowest BCUT2D eigenvalue weighted by atomic mass is 9.42. The Hall–Kier alpha value is -1.89. The lowest BCUT2D eigenvalue weighted by molar-refractivity contribution is -0.181. The highest BCUT2D eigenvalue weighted by molar-refractivity contribution is 6.08. The summed E-state index contributed by atoms with van der Waals surface area (Å²) in [4.78, 5) is 40.5. The maximum absolute atomic E-state index is 14.1. The molecule has 5 aliphatic carbocycles. The van der Waals surface area contributed by atoms with Crippen LogP contribution >= 0.6 is 0 Å². The van der Waals surface area contributed by atoms with E-state index in [9.17, 15) is 19.5 Å². The van der Waals surface area contributed by atoms with Crippen molar-refractivity contribution in [2.75, 3.05) is 0 Å². The summed E-state index contributed by atoms with van der Waals surface area (Å²) in [5.41, 5.74) is -2.73. The molecule has 4 heteroatoms. The Morgan fingerprint density at radius 2 is 1.88 bits per heavy atom. The van der Waals surface area contributed by atoms with Crippen LogP contribution in [0.4, 0.5) is 0 Å². The van der Waals surface area contributed by atoms with Gasteiger partial charge >= 0.3 is 5.97 Å². The van der Waals surface area contributed by atoms with Crippen LogP contribution in [-0.4, -0.2) is 23.1 Å². The Balaban J connectivity index is 1.63. The fourth-order valence-corrected chi connectivity index (χ4v) is 9.38. The van der Waals surface area contributed by atoms with E-state index in [1.807, 2.05) is 13.8 Å². The summed E-state index contributed by atoms with van der Waals surface area (Å²) < 4.78 is 0. The van der Waals surface area contributed by atoms with E-state index in [1.165, 1.54) is 32.1 Å². The zero-order chi connectivity index (χ0) is 23.6. The fraction of sp³-hybridized carbons (Fsp3) is 0.759. The molecule has 3 unspecified atom stereocenters. The third-order valence-electron chi connectivity index (χ3n) is 10.6. The van der Waals surface area contributed by atoms with Gasteiger partial charge in [0.05, 0.1) is 10.8 Å². The molecule has 7 atom stereocenters. The third kappa shape index (κ3) is 2.69. The van der Waals surface area contributed by atoms with Crippen LogP contribution in [0.15, 0.2) is 11.6 Å². The predicted molar refractivity (Wildman–Crippen MR) is 126 cm³/mol. The normalized spacial score (nSPS) is 43.6. The van der Waals surface area contributed by atoms with Gasteiger partial charge in [-0.3, -0.25) is 9.59 Å². The van der Waals surface area contributed by atoms with Crippen molar-refractivity contribution in [2.24, 2.45) is 51.8 Å². The topological polar surface area (TPSA) is 71.4 Å². The Morgan fingerprint density at radius 3 is 2.52 bits per heavy atom. The van der Waals surface area contributed by atoms with Crippen LogP contribution in [0.25, 0.3) is 0 Å². The van der Waals surface area contributed by atoms with Crippen LogP contribution in [0.2, 0.25) is 0 Å². The number of rotatable bonds is 5. The second kappa shape index (κ2) is 7.82. The molecule has 0 aromatic heterocycles. The van der Waals surface area contributed by atoms with Crippen LogP contribution in [0.1, 0.15) is 85.0 Å². The second-order valence-electron chi connectivity index (χ2n) is 12.1. The predicted octanol–water partition coefficient (Wildman–Crippen LogP) is 5.45. The van der Waals surface area contributed by atoms with Crippen molar-refractivity contribution in [1.82, 2.24) is 0 Å². The molecular formula is C29H38O4. The van der Waals surface area contributed by atoms with Crippen molar-refractivity contribution in [1.29, 1.82) is 0 Å². The fourth-order valence-electron chi connectivity index (χ4n) is 9.38. The number of ketones is 1. The standard InChI is InChI=1S/C29H38O4/c1-18(2)24-14-21-15-27(17-30)23-13-12-19(3)22(23)16-28(21,29(24,27)26(32)33)25(31)11-7-10-20-8-5-4-6-9-20/h14,17-23H,4-6,8-10,12-13,15-16H2,1-3H3,(H,32,33)/t19-,21?,22-,23-,27?,28?,29+/m1/s1. The summed E-state index contributed by atoms with van der Waals surface area (Å²) >= 11 is 0. The zero-order valence-corrected chi connectivity index (χ0v) is 20.4. The number of hydrogen-bond donors (Lipinski definition) is 1. The Labute approximate surface area is 198 Å². The molecule has 5 aliphatic rings. The molecule has 0 aromatic carbocycles. The molecule has 4 bridgehead atoms.